The zero-order valence-corrected chi connectivity index (χ0v) is 21.4. The Bertz CT molecular complexity index is 1460. The Hall–Kier alpha value is -4.75. The van der Waals surface area contributed by atoms with E-state index in [4.69, 9.17) is 14.2 Å². The molecule has 1 saturated heterocycles. The number of thioether (sulfide) groups is 1. The maximum absolute atomic E-state index is 12.9. The van der Waals surface area contributed by atoms with Crippen LogP contribution in [0.1, 0.15) is 16.7 Å². The van der Waals surface area contributed by atoms with Crippen LogP contribution in [0.25, 0.3) is 6.08 Å². The van der Waals surface area contributed by atoms with Crippen molar-refractivity contribution in [2.45, 2.75) is 6.61 Å². The van der Waals surface area contributed by atoms with Gasteiger partial charge in [-0.3, -0.25) is 19.3 Å². The summed E-state index contributed by atoms with van der Waals surface area (Å²) in [6, 6.07) is 21.2. The van der Waals surface area contributed by atoms with E-state index in [2.05, 4.69) is 11.4 Å². The van der Waals surface area contributed by atoms with Crippen molar-refractivity contribution >= 4 is 40.6 Å². The Labute approximate surface area is 223 Å². The third-order valence-corrected chi connectivity index (χ3v) is 6.47. The van der Waals surface area contributed by atoms with Gasteiger partial charge in [-0.25, -0.2) is 0 Å². The fraction of sp³-hybridized carbons (Fsp3) is 0.143. The molecule has 0 spiro atoms. The number of nitrogens with one attached hydrogen (secondary N) is 1. The topological polar surface area (TPSA) is 118 Å². The average Bonchev–Trinajstić information content (AvgIpc) is 3.19. The van der Waals surface area contributed by atoms with Crippen LogP contribution in [0, 0.1) is 11.3 Å². The fourth-order valence-electron chi connectivity index (χ4n) is 3.67. The molecule has 3 aromatic rings. The van der Waals surface area contributed by atoms with Crippen molar-refractivity contribution in [3.05, 3.63) is 88.3 Å². The largest absolute Gasteiger partial charge is 0.495 e. The van der Waals surface area contributed by atoms with Crippen LogP contribution in [0.2, 0.25) is 0 Å². The smallest absolute Gasteiger partial charge is 0.294 e. The number of hydrogen-bond acceptors (Lipinski definition) is 8. The van der Waals surface area contributed by atoms with E-state index in [-0.39, 0.29) is 11.5 Å². The number of hydrogen-bond donors (Lipinski definition) is 1. The highest BCUT2D eigenvalue weighted by atomic mass is 32.2. The second-order valence-corrected chi connectivity index (χ2v) is 8.98. The summed E-state index contributed by atoms with van der Waals surface area (Å²) in [5.74, 6) is 0.245. The molecule has 0 atom stereocenters. The summed E-state index contributed by atoms with van der Waals surface area (Å²) in [4.78, 5) is 39.0. The van der Waals surface area contributed by atoms with Gasteiger partial charge in [0.05, 0.1) is 36.4 Å². The molecule has 10 heteroatoms. The molecule has 38 heavy (non-hydrogen) atoms. The fourth-order valence-corrected chi connectivity index (χ4v) is 4.51. The number of nitriles is 1. The molecule has 1 aliphatic heterocycles. The molecule has 3 aromatic carbocycles. The number of ether oxygens (including phenoxy) is 3. The zero-order valence-electron chi connectivity index (χ0n) is 20.6. The van der Waals surface area contributed by atoms with Gasteiger partial charge in [0.25, 0.3) is 11.1 Å². The molecule has 1 fully saturated rings. The normalized spacial score (nSPS) is 13.8. The average molecular weight is 530 g/mol. The third-order valence-electron chi connectivity index (χ3n) is 5.56. The second kappa shape index (κ2) is 12.0. The van der Waals surface area contributed by atoms with E-state index in [1.807, 2.05) is 12.1 Å². The highest BCUT2D eigenvalue weighted by molar-refractivity contribution is 8.18. The van der Waals surface area contributed by atoms with Gasteiger partial charge in [-0.2, -0.15) is 5.26 Å². The standard InChI is InChI=1S/C28H23N3O6S/c1-35-22-10-6-5-9-21(22)30-26(32)16-31-27(33)25(38-28(31)34)14-18-11-12-23(24(13-18)36-2)37-17-20-8-4-3-7-19(20)15-29/h3-14H,16-17H2,1-2H3,(H,30,32)/b25-14-. The van der Waals surface area contributed by atoms with E-state index >= 15 is 0 Å². The number of para-hydroxylation sites is 2. The van der Waals surface area contributed by atoms with E-state index in [0.29, 0.717) is 34.1 Å². The van der Waals surface area contributed by atoms with Crippen molar-refractivity contribution < 1.29 is 28.6 Å². The van der Waals surface area contributed by atoms with Gasteiger partial charge < -0.3 is 19.5 Å². The number of nitrogens with zero attached hydrogens (tertiary/aromatic N) is 2. The molecule has 1 heterocycles. The number of imide groups is 1. The minimum absolute atomic E-state index is 0.176. The molecule has 192 valence electrons. The van der Waals surface area contributed by atoms with Crippen LogP contribution in [0.15, 0.2) is 71.6 Å². The molecule has 9 nitrogen and oxygen atoms in total. The summed E-state index contributed by atoms with van der Waals surface area (Å²) in [5.41, 5.74) is 2.31. The first kappa shape index (κ1) is 26.3. The molecule has 4 rings (SSSR count). The first-order chi connectivity index (χ1) is 18.4. The summed E-state index contributed by atoms with van der Waals surface area (Å²) in [6.07, 6.45) is 1.56. The molecule has 3 amide bonds. The van der Waals surface area contributed by atoms with E-state index < -0.39 is 23.6 Å². The molecule has 0 bridgehead atoms. The number of carbonyl (C=O) groups is 3. The maximum atomic E-state index is 12.9. The Morgan fingerprint density at radius 2 is 1.74 bits per heavy atom. The number of benzene rings is 3. The van der Waals surface area contributed by atoms with Gasteiger partial charge in [-0.15, -0.1) is 0 Å². The van der Waals surface area contributed by atoms with Crippen LogP contribution in [0.4, 0.5) is 10.5 Å². The first-order valence-corrected chi connectivity index (χ1v) is 12.2. The van der Waals surface area contributed by atoms with E-state index in [0.717, 1.165) is 22.2 Å². The van der Waals surface area contributed by atoms with Crippen molar-refractivity contribution in [1.82, 2.24) is 4.90 Å². The minimum Gasteiger partial charge on any atom is -0.495 e. The number of rotatable bonds is 9. The van der Waals surface area contributed by atoms with Crippen molar-refractivity contribution in [1.29, 1.82) is 5.26 Å². The van der Waals surface area contributed by atoms with Crippen molar-refractivity contribution in [2.75, 3.05) is 26.1 Å². The first-order valence-electron chi connectivity index (χ1n) is 11.4. The highest BCUT2D eigenvalue weighted by Gasteiger charge is 2.36. The Balaban J connectivity index is 1.44. The van der Waals surface area contributed by atoms with Crippen LogP contribution in [0.3, 0.4) is 0 Å². The van der Waals surface area contributed by atoms with Gasteiger partial charge in [0.2, 0.25) is 5.91 Å². The predicted octanol–water partition coefficient (Wildman–Crippen LogP) is 4.83. The second-order valence-electron chi connectivity index (χ2n) is 7.98. The van der Waals surface area contributed by atoms with E-state index in [9.17, 15) is 19.6 Å². The van der Waals surface area contributed by atoms with Crippen LogP contribution in [-0.2, 0) is 16.2 Å². The summed E-state index contributed by atoms with van der Waals surface area (Å²) >= 11 is 0.753. The summed E-state index contributed by atoms with van der Waals surface area (Å²) < 4.78 is 16.5. The van der Waals surface area contributed by atoms with E-state index in [1.54, 1.807) is 60.7 Å². The Kier molecular flexibility index (Phi) is 8.30. The summed E-state index contributed by atoms with van der Waals surface area (Å²) in [5, 5.41) is 11.4. The lowest BCUT2D eigenvalue weighted by Crippen LogP contribution is -2.36. The third kappa shape index (κ3) is 5.96. The van der Waals surface area contributed by atoms with E-state index in [1.165, 1.54) is 14.2 Å². The molecule has 0 unspecified atom stereocenters. The molecular formula is C28H23N3O6S. The Morgan fingerprint density at radius 3 is 2.50 bits per heavy atom. The molecule has 0 aliphatic carbocycles. The maximum Gasteiger partial charge on any atom is 0.294 e. The van der Waals surface area contributed by atoms with Gasteiger partial charge in [0.1, 0.15) is 18.9 Å². The molecular weight excluding hydrogens is 506 g/mol. The van der Waals surface area contributed by atoms with Crippen molar-refractivity contribution in [3.8, 4) is 23.3 Å². The minimum atomic E-state index is -0.567. The summed E-state index contributed by atoms with van der Waals surface area (Å²) in [7, 11) is 2.97. The molecule has 1 N–H and O–H groups in total. The zero-order chi connectivity index (χ0) is 27.1. The van der Waals surface area contributed by atoms with Gasteiger partial charge in [-0.05, 0) is 53.7 Å². The molecule has 0 radical (unpaired) electrons. The van der Waals surface area contributed by atoms with Crippen LogP contribution >= 0.6 is 11.8 Å². The van der Waals surface area contributed by atoms with Crippen molar-refractivity contribution in [2.24, 2.45) is 0 Å². The molecule has 1 aliphatic rings. The monoisotopic (exact) mass is 529 g/mol. The van der Waals surface area contributed by atoms with Crippen LogP contribution in [0.5, 0.6) is 17.2 Å². The number of carbonyl (C=O) groups excluding carboxylic acids is 3. The number of amides is 3. The van der Waals surface area contributed by atoms with Gasteiger partial charge >= 0.3 is 0 Å². The quantitative estimate of drug-likeness (QED) is 0.392. The van der Waals surface area contributed by atoms with Crippen molar-refractivity contribution in [3.63, 3.8) is 0 Å². The van der Waals surface area contributed by atoms with Crippen LogP contribution < -0.4 is 19.5 Å². The SMILES string of the molecule is COc1ccccc1NC(=O)CN1C(=O)S/C(=C\c2ccc(OCc3ccccc3C#N)c(OC)c2)C1=O. The lowest BCUT2D eigenvalue weighted by molar-refractivity contribution is -0.127. The summed E-state index contributed by atoms with van der Waals surface area (Å²) in [6.45, 7) is -0.254. The van der Waals surface area contributed by atoms with Gasteiger partial charge in [-0.1, -0.05) is 36.4 Å². The molecule has 0 saturated carbocycles. The predicted molar refractivity (Wildman–Crippen MR) is 143 cm³/mol. The van der Waals surface area contributed by atoms with Crippen LogP contribution in [-0.4, -0.2) is 42.7 Å². The highest BCUT2D eigenvalue weighted by Crippen LogP contribution is 2.35. The van der Waals surface area contributed by atoms with Gasteiger partial charge in [0.15, 0.2) is 11.5 Å². The van der Waals surface area contributed by atoms with Gasteiger partial charge in [0, 0.05) is 5.56 Å². The Morgan fingerprint density at radius 1 is 1.00 bits per heavy atom. The lowest BCUT2D eigenvalue weighted by atomic mass is 10.1. The number of methoxy groups -OCH3 is 2. The number of anilines is 1. The molecule has 0 aromatic heterocycles. The lowest BCUT2D eigenvalue weighted by Gasteiger charge is -2.14.